The van der Waals surface area contributed by atoms with E-state index < -0.39 is 0 Å². The normalized spacial score (nSPS) is 10.0. The van der Waals surface area contributed by atoms with Crippen LogP contribution in [0.1, 0.15) is 19.8 Å². The largest absolute Gasteiger partial charge is 0.493 e. The predicted molar refractivity (Wildman–Crippen MR) is 59.4 cm³/mol. The Bertz CT molecular complexity index is 273. The monoisotopic (exact) mass is 210 g/mol. The van der Waals surface area contributed by atoms with Crippen LogP contribution < -0.4 is 9.47 Å². The van der Waals surface area contributed by atoms with Gasteiger partial charge in [0.25, 0.3) is 0 Å². The van der Waals surface area contributed by atoms with Gasteiger partial charge in [0.1, 0.15) is 18.1 Å². The van der Waals surface area contributed by atoms with Crippen LogP contribution in [0.2, 0.25) is 0 Å². The summed E-state index contributed by atoms with van der Waals surface area (Å²) in [5, 5.41) is 8.61. The molecule has 15 heavy (non-hydrogen) atoms. The summed E-state index contributed by atoms with van der Waals surface area (Å²) in [6, 6.07) is 7.48. The van der Waals surface area contributed by atoms with Crippen molar-refractivity contribution in [2.45, 2.75) is 19.8 Å². The van der Waals surface area contributed by atoms with Crippen LogP contribution in [0.15, 0.2) is 24.3 Å². The number of ether oxygens (including phenoxy) is 2. The van der Waals surface area contributed by atoms with E-state index in [1.54, 1.807) is 0 Å². The molecule has 1 aromatic rings. The molecule has 1 N–H and O–H groups in total. The van der Waals surface area contributed by atoms with Gasteiger partial charge in [0.15, 0.2) is 0 Å². The van der Waals surface area contributed by atoms with Gasteiger partial charge in [0.05, 0.1) is 13.2 Å². The maximum absolute atomic E-state index is 8.61. The lowest BCUT2D eigenvalue weighted by Crippen LogP contribution is -2.02. The van der Waals surface area contributed by atoms with E-state index in [9.17, 15) is 0 Å². The Morgan fingerprint density at radius 3 is 2.40 bits per heavy atom. The summed E-state index contributed by atoms with van der Waals surface area (Å²) >= 11 is 0. The minimum absolute atomic E-state index is 0.0287. The summed E-state index contributed by atoms with van der Waals surface area (Å²) in [4.78, 5) is 0. The fourth-order valence-corrected chi connectivity index (χ4v) is 1.15. The number of hydrogen-bond acceptors (Lipinski definition) is 3. The lowest BCUT2D eigenvalue weighted by atomic mass is 10.3. The Balaban J connectivity index is 2.42. The summed E-state index contributed by atoms with van der Waals surface area (Å²) in [6.07, 6.45) is 2.18. The van der Waals surface area contributed by atoms with Crippen molar-refractivity contribution in [3.63, 3.8) is 0 Å². The molecule has 84 valence electrons. The number of hydrogen-bond donors (Lipinski definition) is 1. The molecule has 0 heterocycles. The topological polar surface area (TPSA) is 38.7 Å². The van der Waals surface area contributed by atoms with Gasteiger partial charge in [-0.25, -0.2) is 0 Å². The SMILES string of the molecule is CCCCOc1cccc(OCCO)c1. The number of aliphatic hydroxyl groups excluding tert-OH is 1. The highest BCUT2D eigenvalue weighted by Crippen LogP contribution is 2.19. The lowest BCUT2D eigenvalue weighted by molar-refractivity contribution is 0.200. The van der Waals surface area contributed by atoms with Crippen LogP contribution in [-0.2, 0) is 0 Å². The molecular weight excluding hydrogens is 192 g/mol. The standard InChI is InChI=1S/C12H18O3/c1-2-3-8-14-11-5-4-6-12(10-11)15-9-7-13/h4-6,10,13H,2-3,7-9H2,1H3. The van der Waals surface area contributed by atoms with Crippen LogP contribution in [-0.4, -0.2) is 24.9 Å². The van der Waals surface area contributed by atoms with Gasteiger partial charge in [-0.1, -0.05) is 19.4 Å². The second-order valence-electron chi connectivity index (χ2n) is 3.25. The van der Waals surface area contributed by atoms with Crippen LogP contribution in [0.5, 0.6) is 11.5 Å². The summed E-state index contributed by atoms with van der Waals surface area (Å²) in [5.74, 6) is 1.55. The zero-order valence-corrected chi connectivity index (χ0v) is 9.11. The lowest BCUT2D eigenvalue weighted by Gasteiger charge is -2.08. The second kappa shape index (κ2) is 7.12. The molecule has 0 saturated heterocycles. The van der Waals surface area contributed by atoms with E-state index in [2.05, 4.69) is 6.92 Å². The molecule has 1 rings (SSSR count). The molecule has 0 atom stereocenters. The first-order valence-corrected chi connectivity index (χ1v) is 5.33. The van der Waals surface area contributed by atoms with E-state index in [0.29, 0.717) is 6.61 Å². The summed E-state index contributed by atoms with van der Waals surface area (Å²) in [5.41, 5.74) is 0. The van der Waals surface area contributed by atoms with Crippen molar-refractivity contribution in [1.82, 2.24) is 0 Å². The molecule has 0 aliphatic carbocycles. The Labute approximate surface area is 90.6 Å². The van der Waals surface area contributed by atoms with E-state index in [-0.39, 0.29) is 6.61 Å². The van der Waals surface area contributed by atoms with E-state index in [1.165, 1.54) is 0 Å². The van der Waals surface area contributed by atoms with Crippen molar-refractivity contribution in [3.8, 4) is 11.5 Å². The van der Waals surface area contributed by atoms with Gasteiger partial charge in [-0.3, -0.25) is 0 Å². The molecule has 0 radical (unpaired) electrons. The van der Waals surface area contributed by atoms with E-state index in [0.717, 1.165) is 30.9 Å². The van der Waals surface area contributed by atoms with E-state index >= 15 is 0 Å². The molecule has 0 spiro atoms. The van der Waals surface area contributed by atoms with E-state index in [4.69, 9.17) is 14.6 Å². The average molecular weight is 210 g/mol. The molecule has 0 saturated carbocycles. The molecule has 3 heteroatoms. The van der Waals surface area contributed by atoms with Crippen LogP contribution in [0.25, 0.3) is 0 Å². The molecule has 3 nitrogen and oxygen atoms in total. The first kappa shape index (κ1) is 11.9. The smallest absolute Gasteiger partial charge is 0.123 e. The molecule has 0 aliphatic heterocycles. The minimum Gasteiger partial charge on any atom is -0.493 e. The van der Waals surface area contributed by atoms with Crippen molar-refractivity contribution in [2.24, 2.45) is 0 Å². The van der Waals surface area contributed by atoms with Crippen LogP contribution in [0.3, 0.4) is 0 Å². The second-order valence-corrected chi connectivity index (χ2v) is 3.25. The highest BCUT2D eigenvalue weighted by Gasteiger charge is 1.97. The van der Waals surface area contributed by atoms with Crippen LogP contribution >= 0.6 is 0 Å². The maximum Gasteiger partial charge on any atom is 0.123 e. The number of unbranched alkanes of at least 4 members (excludes halogenated alkanes) is 1. The fraction of sp³-hybridized carbons (Fsp3) is 0.500. The Hall–Kier alpha value is -1.22. The van der Waals surface area contributed by atoms with Crippen molar-refractivity contribution in [2.75, 3.05) is 19.8 Å². The number of aliphatic hydroxyl groups is 1. The van der Waals surface area contributed by atoms with Gasteiger partial charge in [-0.05, 0) is 18.6 Å². The van der Waals surface area contributed by atoms with Gasteiger partial charge < -0.3 is 14.6 Å². The molecule has 0 unspecified atom stereocenters. The van der Waals surface area contributed by atoms with Crippen molar-refractivity contribution in [1.29, 1.82) is 0 Å². The van der Waals surface area contributed by atoms with Crippen LogP contribution in [0.4, 0.5) is 0 Å². The van der Waals surface area contributed by atoms with E-state index in [1.807, 2.05) is 24.3 Å². The highest BCUT2D eigenvalue weighted by molar-refractivity contribution is 5.32. The van der Waals surface area contributed by atoms with Gasteiger partial charge in [-0.15, -0.1) is 0 Å². The summed E-state index contributed by atoms with van der Waals surface area (Å²) < 4.78 is 10.8. The Morgan fingerprint density at radius 1 is 1.13 bits per heavy atom. The van der Waals surface area contributed by atoms with Crippen molar-refractivity contribution < 1.29 is 14.6 Å². The average Bonchev–Trinajstić information content (AvgIpc) is 2.27. The number of benzene rings is 1. The zero-order valence-electron chi connectivity index (χ0n) is 9.11. The predicted octanol–water partition coefficient (Wildman–Crippen LogP) is 2.24. The molecule has 0 fully saturated rings. The third-order valence-corrected chi connectivity index (χ3v) is 1.93. The summed E-state index contributed by atoms with van der Waals surface area (Å²) in [7, 11) is 0. The van der Waals surface area contributed by atoms with Gasteiger partial charge in [0, 0.05) is 6.07 Å². The quantitative estimate of drug-likeness (QED) is 0.701. The zero-order chi connectivity index (χ0) is 10.9. The van der Waals surface area contributed by atoms with Gasteiger partial charge in [-0.2, -0.15) is 0 Å². The first-order valence-electron chi connectivity index (χ1n) is 5.33. The Kier molecular flexibility index (Phi) is 5.63. The molecular formula is C12H18O3. The third-order valence-electron chi connectivity index (χ3n) is 1.93. The molecule has 0 aromatic heterocycles. The third kappa shape index (κ3) is 4.70. The maximum atomic E-state index is 8.61. The van der Waals surface area contributed by atoms with Crippen LogP contribution in [0, 0.1) is 0 Å². The minimum atomic E-state index is 0.0287. The van der Waals surface area contributed by atoms with Crippen molar-refractivity contribution >= 4 is 0 Å². The molecule has 0 bridgehead atoms. The number of rotatable bonds is 7. The molecule has 0 amide bonds. The fourth-order valence-electron chi connectivity index (χ4n) is 1.15. The summed E-state index contributed by atoms with van der Waals surface area (Å²) in [6.45, 7) is 3.21. The van der Waals surface area contributed by atoms with Gasteiger partial charge in [0.2, 0.25) is 0 Å². The van der Waals surface area contributed by atoms with Crippen molar-refractivity contribution in [3.05, 3.63) is 24.3 Å². The molecule has 0 aliphatic rings. The molecule has 1 aromatic carbocycles. The highest BCUT2D eigenvalue weighted by atomic mass is 16.5. The Morgan fingerprint density at radius 2 is 1.80 bits per heavy atom. The van der Waals surface area contributed by atoms with Gasteiger partial charge >= 0.3 is 0 Å². The first-order chi connectivity index (χ1) is 7.36.